The first-order valence-corrected chi connectivity index (χ1v) is 6.52. The Hall–Kier alpha value is -1.89. The minimum atomic E-state index is -0.528. The van der Waals surface area contributed by atoms with E-state index in [1.165, 1.54) is 7.11 Å². The number of aromatic nitrogens is 2. The maximum Gasteiger partial charge on any atom is 0.223 e. The summed E-state index contributed by atoms with van der Waals surface area (Å²) in [5.41, 5.74) is 0.668. The van der Waals surface area contributed by atoms with Gasteiger partial charge < -0.3 is 14.8 Å². The van der Waals surface area contributed by atoms with Gasteiger partial charge in [0, 0.05) is 12.6 Å². The molecule has 1 aromatic carbocycles. The Balaban J connectivity index is 2.66. The third-order valence-electron chi connectivity index (χ3n) is 2.71. The van der Waals surface area contributed by atoms with Gasteiger partial charge in [0.1, 0.15) is 21.7 Å². The molecule has 106 valence electrons. The summed E-state index contributed by atoms with van der Waals surface area (Å²) in [5, 5.41) is 2.77. The van der Waals surface area contributed by atoms with Gasteiger partial charge in [-0.3, -0.25) is 0 Å². The van der Waals surface area contributed by atoms with Crippen molar-refractivity contribution in [3.8, 4) is 22.8 Å². The first-order valence-electron chi connectivity index (χ1n) is 5.73. The second kappa shape index (κ2) is 6.04. The SMILES string of the molecule is CNc1ncc(F)c(-c2ccc(OC)c(Br)c2OC)n1. The molecule has 7 heteroatoms. The molecule has 0 spiro atoms. The highest BCUT2D eigenvalue weighted by Crippen LogP contribution is 2.42. The molecule has 0 aliphatic rings. The van der Waals surface area contributed by atoms with Crippen molar-refractivity contribution in [2.45, 2.75) is 0 Å². The molecule has 0 unspecified atom stereocenters. The maximum atomic E-state index is 14.0. The van der Waals surface area contributed by atoms with Gasteiger partial charge in [0.05, 0.1) is 20.4 Å². The Kier molecular flexibility index (Phi) is 4.39. The minimum absolute atomic E-state index is 0.157. The fourth-order valence-electron chi connectivity index (χ4n) is 1.76. The Morgan fingerprint density at radius 2 is 2.00 bits per heavy atom. The van der Waals surface area contributed by atoms with Gasteiger partial charge in [-0.1, -0.05) is 0 Å². The number of nitrogens with one attached hydrogen (secondary N) is 1. The van der Waals surface area contributed by atoms with Gasteiger partial charge >= 0.3 is 0 Å². The van der Waals surface area contributed by atoms with Crippen molar-refractivity contribution in [3.05, 3.63) is 28.6 Å². The molecule has 0 radical (unpaired) electrons. The maximum absolute atomic E-state index is 14.0. The van der Waals surface area contributed by atoms with Crippen LogP contribution in [0.25, 0.3) is 11.3 Å². The minimum Gasteiger partial charge on any atom is -0.495 e. The summed E-state index contributed by atoms with van der Waals surface area (Å²) in [6.45, 7) is 0. The van der Waals surface area contributed by atoms with Crippen molar-refractivity contribution < 1.29 is 13.9 Å². The lowest BCUT2D eigenvalue weighted by Gasteiger charge is -2.13. The molecule has 0 bridgehead atoms. The molecule has 0 saturated carbocycles. The van der Waals surface area contributed by atoms with Gasteiger partial charge in [-0.05, 0) is 28.1 Å². The molecule has 0 atom stereocenters. The number of benzene rings is 1. The summed E-state index contributed by atoms with van der Waals surface area (Å²) in [4.78, 5) is 7.95. The van der Waals surface area contributed by atoms with E-state index >= 15 is 0 Å². The number of ether oxygens (including phenoxy) is 2. The predicted molar refractivity (Wildman–Crippen MR) is 77.8 cm³/mol. The third-order valence-corrected chi connectivity index (χ3v) is 3.46. The molecule has 0 aliphatic carbocycles. The molecule has 1 N–H and O–H groups in total. The predicted octanol–water partition coefficient (Wildman–Crippen LogP) is 3.10. The average molecular weight is 342 g/mol. The van der Waals surface area contributed by atoms with Crippen molar-refractivity contribution in [2.24, 2.45) is 0 Å². The molecule has 0 aliphatic heterocycles. The van der Waals surface area contributed by atoms with Crippen LogP contribution in [0, 0.1) is 5.82 Å². The number of anilines is 1. The first-order chi connectivity index (χ1) is 9.62. The van der Waals surface area contributed by atoms with Crippen LogP contribution < -0.4 is 14.8 Å². The van der Waals surface area contributed by atoms with Crippen molar-refractivity contribution in [3.63, 3.8) is 0 Å². The molecular weight excluding hydrogens is 329 g/mol. The highest BCUT2D eigenvalue weighted by atomic mass is 79.9. The second-order valence-corrected chi connectivity index (χ2v) is 4.60. The smallest absolute Gasteiger partial charge is 0.223 e. The summed E-state index contributed by atoms with van der Waals surface area (Å²) in [7, 11) is 4.71. The van der Waals surface area contributed by atoms with Crippen molar-refractivity contribution in [1.29, 1.82) is 0 Å². The van der Waals surface area contributed by atoms with Gasteiger partial charge in [0.15, 0.2) is 5.82 Å². The van der Waals surface area contributed by atoms with Crippen molar-refractivity contribution in [2.75, 3.05) is 26.6 Å². The Morgan fingerprint density at radius 1 is 1.25 bits per heavy atom. The standard InChI is InChI=1S/C13H13BrFN3O2/c1-16-13-17-6-8(15)11(18-13)7-4-5-9(19-2)10(14)12(7)20-3/h4-6H,1-3H3,(H,16,17,18). The Bertz CT molecular complexity index is 637. The fourth-order valence-corrected chi connectivity index (χ4v) is 2.43. The number of methoxy groups -OCH3 is 2. The highest BCUT2D eigenvalue weighted by Gasteiger charge is 2.18. The summed E-state index contributed by atoms with van der Waals surface area (Å²) in [6.07, 6.45) is 1.12. The molecule has 1 aromatic heterocycles. The van der Waals surface area contributed by atoms with E-state index in [1.54, 1.807) is 26.3 Å². The van der Waals surface area contributed by atoms with Crippen LogP contribution in [0.2, 0.25) is 0 Å². The third kappa shape index (κ3) is 2.53. The monoisotopic (exact) mass is 341 g/mol. The fraction of sp³-hybridized carbons (Fsp3) is 0.231. The first kappa shape index (κ1) is 14.5. The van der Waals surface area contributed by atoms with Crippen LogP contribution in [0.3, 0.4) is 0 Å². The molecule has 0 amide bonds. The zero-order chi connectivity index (χ0) is 14.7. The molecule has 0 fully saturated rings. The lowest BCUT2D eigenvalue weighted by molar-refractivity contribution is 0.390. The van der Waals surface area contributed by atoms with Crippen molar-refractivity contribution in [1.82, 2.24) is 9.97 Å². The van der Waals surface area contributed by atoms with E-state index in [0.717, 1.165) is 6.20 Å². The molecule has 5 nitrogen and oxygen atoms in total. The summed E-state index contributed by atoms with van der Waals surface area (Å²) in [5.74, 6) is 0.840. The Morgan fingerprint density at radius 3 is 2.60 bits per heavy atom. The van der Waals surface area contributed by atoms with Crippen LogP contribution in [0.4, 0.5) is 10.3 Å². The molecule has 0 saturated heterocycles. The van der Waals surface area contributed by atoms with E-state index in [4.69, 9.17) is 9.47 Å². The molecular formula is C13H13BrFN3O2. The zero-order valence-electron chi connectivity index (χ0n) is 11.2. The van der Waals surface area contributed by atoms with Crippen LogP contribution in [0.5, 0.6) is 11.5 Å². The van der Waals surface area contributed by atoms with Crippen molar-refractivity contribution >= 4 is 21.9 Å². The number of hydrogen-bond acceptors (Lipinski definition) is 5. The molecule has 20 heavy (non-hydrogen) atoms. The highest BCUT2D eigenvalue weighted by molar-refractivity contribution is 9.10. The quantitative estimate of drug-likeness (QED) is 0.925. The number of halogens is 2. The Labute approximate surface area is 124 Å². The summed E-state index contributed by atoms with van der Waals surface area (Å²) in [6, 6.07) is 3.40. The van der Waals surface area contributed by atoms with Gasteiger partial charge in [0.2, 0.25) is 5.95 Å². The van der Waals surface area contributed by atoms with Gasteiger partial charge in [0.25, 0.3) is 0 Å². The van der Waals surface area contributed by atoms with Gasteiger partial charge in [-0.2, -0.15) is 0 Å². The molecule has 1 heterocycles. The summed E-state index contributed by atoms with van der Waals surface area (Å²) >= 11 is 3.38. The largest absolute Gasteiger partial charge is 0.495 e. The number of rotatable bonds is 4. The van der Waals surface area contributed by atoms with Gasteiger partial charge in [-0.25, -0.2) is 14.4 Å². The van der Waals surface area contributed by atoms with Crippen LogP contribution in [0.15, 0.2) is 22.8 Å². The van der Waals surface area contributed by atoms with E-state index in [2.05, 4.69) is 31.2 Å². The van der Waals surface area contributed by atoms with Gasteiger partial charge in [-0.15, -0.1) is 0 Å². The zero-order valence-corrected chi connectivity index (χ0v) is 12.8. The van der Waals surface area contributed by atoms with E-state index in [-0.39, 0.29) is 5.69 Å². The van der Waals surface area contributed by atoms with E-state index < -0.39 is 5.82 Å². The average Bonchev–Trinajstić information content (AvgIpc) is 2.47. The number of hydrogen-bond donors (Lipinski definition) is 1. The van der Waals surface area contributed by atoms with E-state index in [1.807, 2.05) is 0 Å². The van der Waals surface area contributed by atoms with Crippen LogP contribution in [-0.4, -0.2) is 31.2 Å². The second-order valence-electron chi connectivity index (χ2n) is 3.80. The lowest BCUT2D eigenvalue weighted by atomic mass is 10.1. The normalized spacial score (nSPS) is 10.2. The summed E-state index contributed by atoms with van der Waals surface area (Å²) < 4.78 is 25.1. The van der Waals surface area contributed by atoms with E-state index in [9.17, 15) is 4.39 Å². The number of nitrogens with zero attached hydrogens (tertiary/aromatic N) is 2. The molecule has 2 rings (SSSR count). The van der Waals surface area contributed by atoms with Crippen LogP contribution in [-0.2, 0) is 0 Å². The topological polar surface area (TPSA) is 56.3 Å². The molecule has 2 aromatic rings. The van der Waals surface area contributed by atoms with Crippen LogP contribution in [0.1, 0.15) is 0 Å². The van der Waals surface area contributed by atoms with Crippen LogP contribution >= 0.6 is 15.9 Å². The van der Waals surface area contributed by atoms with E-state index in [0.29, 0.717) is 27.5 Å². The lowest BCUT2D eigenvalue weighted by Crippen LogP contribution is -2.01.